The molecular formula is C24H20O4. The Kier molecular flexibility index (Phi) is 4.70. The average molecular weight is 372 g/mol. The summed E-state index contributed by atoms with van der Waals surface area (Å²) >= 11 is 0. The van der Waals surface area contributed by atoms with E-state index in [0.29, 0.717) is 16.5 Å². The van der Waals surface area contributed by atoms with Crippen LogP contribution in [0.4, 0.5) is 0 Å². The molecule has 0 spiro atoms. The van der Waals surface area contributed by atoms with Crippen LogP contribution >= 0.6 is 0 Å². The van der Waals surface area contributed by atoms with Gasteiger partial charge in [0.2, 0.25) is 0 Å². The molecule has 28 heavy (non-hydrogen) atoms. The predicted molar refractivity (Wildman–Crippen MR) is 109 cm³/mol. The molecule has 4 rings (SSSR count). The van der Waals surface area contributed by atoms with E-state index in [1.165, 1.54) is 0 Å². The first-order chi connectivity index (χ1) is 13.6. The largest absolute Gasteiger partial charge is 0.491 e. The molecule has 1 aliphatic heterocycles. The van der Waals surface area contributed by atoms with Gasteiger partial charge in [0.25, 0.3) is 0 Å². The summed E-state index contributed by atoms with van der Waals surface area (Å²) in [6.07, 6.45) is 5.13. The van der Waals surface area contributed by atoms with Crippen LogP contribution in [0.5, 0.6) is 5.75 Å². The summed E-state index contributed by atoms with van der Waals surface area (Å²) in [4.78, 5) is 24.1. The summed E-state index contributed by atoms with van der Waals surface area (Å²) in [7, 11) is 0. The molecule has 0 radical (unpaired) electrons. The predicted octanol–water partition coefficient (Wildman–Crippen LogP) is 5.50. The van der Waals surface area contributed by atoms with Crippen LogP contribution in [0.25, 0.3) is 22.9 Å². The lowest BCUT2D eigenvalue weighted by molar-refractivity contribution is 0.0391. The van der Waals surface area contributed by atoms with Gasteiger partial charge in [-0.1, -0.05) is 49.4 Å². The second kappa shape index (κ2) is 7.31. The zero-order valence-corrected chi connectivity index (χ0v) is 15.8. The number of cyclic esters (lactones) is 2. The number of hydrogen-bond donors (Lipinski definition) is 0. The Bertz CT molecular complexity index is 1070. The fourth-order valence-electron chi connectivity index (χ4n) is 3.27. The fraction of sp³-hybridized carbons (Fsp3) is 0.167. The minimum atomic E-state index is -0.596. The molecule has 3 aromatic rings. The summed E-state index contributed by atoms with van der Waals surface area (Å²) in [6, 6.07) is 16.9. The van der Waals surface area contributed by atoms with Gasteiger partial charge in [0.15, 0.2) is 0 Å². The molecule has 3 aromatic carbocycles. The van der Waals surface area contributed by atoms with Crippen LogP contribution in [0.3, 0.4) is 0 Å². The standard InChI is InChI=1S/C24H20O4/c1-3-15(2)27-18-12-8-16(9-13-18)7-10-17-11-14-21-22-19(17)5-4-6-20(22)23(25)28-24(21)26/h4-15H,3H2,1-2H3/b10-7+. The summed E-state index contributed by atoms with van der Waals surface area (Å²) in [5, 5.41) is 1.51. The molecule has 1 heterocycles. The number of hydrogen-bond acceptors (Lipinski definition) is 4. The van der Waals surface area contributed by atoms with Gasteiger partial charge in [-0.05, 0) is 54.1 Å². The van der Waals surface area contributed by atoms with Crippen LogP contribution in [-0.4, -0.2) is 18.0 Å². The van der Waals surface area contributed by atoms with Crippen LogP contribution in [-0.2, 0) is 4.74 Å². The van der Waals surface area contributed by atoms with Crippen molar-refractivity contribution < 1.29 is 19.1 Å². The minimum absolute atomic E-state index is 0.188. The zero-order valence-electron chi connectivity index (χ0n) is 15.8. The number of ether oxygens (including phenoxy) is 2. The maximum absolute atomic E-state index is 12.0. The normalized spacial score (nSPS) is 14.4. The van der Waals surface area contributed by atoms with E-state index in [-0.39, 0.29) is 6.10 Å². The van der Waals surface area contributed by atoms with Gasteiger partial charge in [-0.2, -0.15) is 0 Å². The maximum atomic E-state index is 12.0. The van der Waals surface area contributed by atoms with Crippen molar-refractivity contribution in [3.63, 3.8) is 0 Å². The molecule has 0 aliphatic carbocycles. The van der Waals surface area contributed by atoms with E-state index in [4.69, 9.17) is 9.47 Å². The Morgan fingerprint density at radius 1 is 0.929 bits per heavy atom. The highest BCUT2D eigenvalue weighted by molar-refractivity contribution is 6.21. The Morgan fingerprint density at radius 2 is 1.64 bits per heavy atom. The van der Waals surface area contributed by atoms with Crippen LogP contribution in [0.2, 0.25) is 0 Å². The quantitative estimate of drug-likeness (QED) is 0.337. The van der Waals surface area contributed by atoms with E-state index < -0.39 is 11.9 Å². The van der Waals surface area contributed by atoms with E-state index in [0.717, 1.165) is 28.7 Å². The monoisotopic (exact) mass is 372 g/mol. The van der Waals surface area contributed by atoms with Crippen molar-refractivity contribution >= 4 is 34.9 Å². The number of carbonyl (C=O) groups is 2. The third-order valence-electron chi connectivity index (χ3n) is 4.95. The topological polar surface area (TPSA) is 52.6 Å². The molecule has 0 fully saturated rings. The first kappa shape index (κ1) is 18.0. The molecule has 1 atom stereocenters. The Morgan fingerprint density at radius 3 is 2.36 bits per heavy atom. The van der Waals surface area contributed by atoms with Crippen molar-refractivity contribution in [2.75, 3.05) is 0 Å². The Balaban J connectivity index is 1.67. The van der Waals surface area contributed by atoms with E-state index in [2.05, 4.69) is 6.92 Å². The molecule has 140 valence electrons. The molecule has 0 saturated heterocycles. The molecule has 0 amide bonds. The lowest BCUT2D eigenvalue weighted by atomic mass is 9.93. The lowest BCUT2D eigenvalue weighted by Crippen LogP contribution is -2.19. The molecule has 0 saturated carbocycles. The molecule has 4 nitrogen and oxygen atoms in total. The molecule has 4 heteroatoms. The minimum Gasteiger partial charge on any atom is -0.491 e. The van der Waals surface area contributed by atoms with Gasteiger partial charge in [0.05, 0.1) is 17.2 Å². The van der Waals surface area contributed by atoms with Crippen molar-refractivity contribution in [3.05, 3.63) is 76.9 Å². The summed E-state index contributed by atoms with van der Waals surface area (Å²) < 4.78 is 10.6. The average Bonchev–Trinajstić information content (AvgIpc) is 2.71. The molecule has 0 aromatic heterocycles. The summed E-state index contributed by atoms with van der Waals surface area (Å²) in [5.41, 5.74) is 2.82. The van der Waals surface area contributed by atoms with Crippen LogP contribution < -0.4 is 4.74 Å². The van der Waals surface area contributed by atoms with E-state index in [1.807, 2.05) is 55.5 Å². The zero-order chi connectivity index (χ0) is 19.7. The van der Waals surface area contributed by atoms with Crippen molar-refractivity contribution in [1.82, 2.24) is 0 Å². The van der Waals surface area contributed by atoms with Crippen LogP contribution in [0.1, 0.15) is 52.1 Å². The van der Waals surface area contributed by atoms with Gasteiger partial charge in [-0.25, -0.2) is 9.59 Å². The number of carbonyl (C=O) groups excluding carboxylic acids is 2. The van der Waals surface area contributed by atoms with Crippen LogP contribution in [0.15, 0.2) is 54.6 Å². The Hall–Kier alpha value is -3.40. The van der Waals surface area contributed by atoms with Gasteiger partial charge in [0, 0.05) is 5.39 Å². The highest BCUT2D eigenvalue weighted by Gasteiger charge is 2.27. The first-order valence-corrected chi connectivity index (χ1v) is 9.34. The number of benzene rings is 3. The lowest BCUT2D eigenvalue weighted by Gasteiger charge is -2.16. The molecule has 1 aliphatic rings. The highest BCUT2D eigenvalue weighted by atomic mass is 16.6. The SMILES string of the molecule is CCC(C)Oc1ccc(/C=C/c2ccc3c4c(cccc24)C(=O)OC3=O)cc1. The van der Waals surface area contributed by atoms with E-state index in [9.17, 15) is 9.59 Å². The van der Waals surface area contributed by atoms with Crippen molar-refractivity contribution in [3.8, 4) is 5.75 Å². The second-order valence-electron chi connectivity index (χ2n) is 6.85. The molecule has 0 N–H and O–H groups in total. The van der Waals surface area contributed by atoms with Crippen molar-refractivity contribution in [2.45, 2.75) is 26.4 Å². The van der Waals surface area contributed by atoms with Gasteiger partial charge < -0.3 is 9.47 Å². The van der Waals surface area contributed by atoms with Crippen molar-refractivity contribution in [1.29, 1.82) is 0 Å². The highest BCUT2D eigenvalue weighted by Crippen LogP contribution is 2.31. The fourth-order valence-corrected chi connectivity index (χ4v) is 3.27. The third-order valence-corrected chi connectivity index (χ3v) is 4.95. The maximum Gasteiger partial charge on any atom is 0.346 e. The van der Waals surface area contributed by atoms with Crippen LogP contribution in [0, 0.1) is 0 Å². The first-order valence-electron chi connectivity index (χ1n) is 9.34. The molecule has 0 bridgehead atoms. The van der Waals surface area contributed by atoms with Crippen molar-refractivity contribution in [2.24, 2.45) is 0 Å². The van der Waals surface area contributed by atoms with Gasteiger partial charge in [-0.3, -0.25) is 0 Å². The van der Waals surface area contributed by atoms with Gasteiger partial charge >= 0.3 is 11.9 Å². The number of rotatable bonds is 5. The summed E-state index contributed by atoms with van der Waals surface area (Å²) in [6.45, 7) is 4.14. The number of esters is 2. The van der Waals surface area contributed by atoms with E-state index in [1.54, 1.807) is 18.2 Å². The Labute approximate surface area is 163 Å². The second-order valence-corrected chi connectivity index (χ2v) is 6.85. The third kappa shape index (κ3) is 3.29. The van der Waals surface area contributed by atoms with E-state index >= 15 is 0 Å². The van der Waals surface area contributed by atoms with Gasteiger partial charge in [-0.15, -0.1) is 0 Å². The smallest absolute Gasteiger partial charge is 0.346 e. The summed E-state index contributed by atoms with van der Waals surface area (Å²) in [5.74, 6) is -0.340. The van der Waals surface area contributed by atoms with Gasteiger partial charge in [0.1, 0.15) is 5.75 Å². The molecule has 1 unspecified atom stereocenters. The molecular weight excluding hydrogens is 352 g/mol.